The van der Waals surface area contributed by atoms with Gasteiger partial charge in [-0.2, -0.15) is 5.10 Å². The number of ether oxygens (including phenoxy) is 1. The molecule has 0 atom stereocenters. The van der Waals surface area contributed by atoms with E-state index < -0.39 is 0 Å². The predicted molar refractivity (Wildman–Crippen MR) is 131 cm³/mol. The van der Waals surface area contributed by atoms with Crippen molar-refractivity contribution in [2.24, 2.45) is 5.10 Å². The van der Waals surface area contributed by atoms with Crippen LogP contribution in [0.4, 0.5) is 5.69 Å². The van der Waals surface area contributed by atoms with E-state index in [0.29, 0.717) is 11.3 Å². The minimum Gasteiger partial charge on any atom is -0.496 e. The smallest absolute Gasteiger partial charge is 0.275 e. The fourth-order valence-electron chi connectivity index (χ4n) is 4.44. The molecule has 1 saturated heterocycles. The summed E-state index contributed by atoms with van der Waals surface area (Å²) in [6.45, 7) is 2.20. The Bertz CT molecular complexity index is 1320. The van der Waals surface area contributed by atoms with Crippen molar-refractivity contribution in [3.8, 4) is 5.75 Å². The SMILES string of the molecule is COc1cc2ccccc2cc1C(=O)NN=Cc1ccc(N2CCCC2)c2ccccc12. The molecule has 32 heavy (non-hydrogen) atoms. The van der Waals surface area contributed by atoms with Crippen molar-refractivity contribution in [1.29, 1.82) is 0 Å². The van der Waals surface area contributed by atoms with Gasteiger partial charge in [-0.15, -0.1) is 0 Å². The van der Waals surface area contributed by atoms with Crippen molar-refractivity contribution in [2.75, 3.05) is 25.1 Å². The highest BCUT2D eigenvalue weighted by Gasteiger charge is 2.16. The van der Waals surface area contributed by atoms with E-state index in [0.717, 1.165) is 34.8 Å². The second-order valence-corrected chi connectivity index (χ2v) is 8.01. The summed E-state index contributed by atoms with van der Waals surface area (Å²) in [5.74, 6) is 0.221. The molecule has 1 aliphatic heterocycles. The Balaban J connectivity index is 1.41. The number of amides is 1. The number of benzene rings is 4. The first-order chi connectivity index (χ1) is 15.7. The van der Waals surface area contributed by atoms with Crippen LogP contribution < -0.4 is 15.1 Å². The largest absolute Gasteiger partial charge is 0.496 e. The molecule has 0 spiro atoms. The lowest BCUT2D eigenvalue weighted by atomic mass is 10.0. The summed E-state index contributed by atoms with van der Waals surface area (Å²) in [7, 11) is 1.57. The van der Waals surface area contributed by atoms with Gasteiger partial charge < -0.3 is 9.64 Å². The minimum atomic E-state index is -0.304. The van der Waals surface area contributed by atoms with Gasteiger partial charge in [0.05, 0.1) is 18.9 Å². The molecule has 4 aromatic carbocycles. The summed E-state index contributed by atoms with van der Waals surface area (Å²) < 4.78 is 5.44. The maximum atomic E-state index is 12.8. The van der Waals surface area contributed by atoms with Gasteiger partial charge >= 0.3 is 0 Å². The highest BCUT2D eigenvalue weighted by Crippen LogP contribution is 2.31. The molecule has 1 heterocycles. The number of methoxy groups -OCH3 is 1. The van der Waals surface area contributed by atoms with Crippen LogP contribution in [0, 0.1) is 0 Å². The Hall–Kier alpha value is -3.86. The van der Waals surface area contributed by atoms with E-state index in [1.165, 1.54) is 23.9 Å². The molecule has 5 nitrogen and oxygen atoms in total. The zero-order valence-electron chi connectivity index (χ0n) is 18.0. The zero-order valence-corrected chi connectivity index (χ0v) is 18.0. The molecule has 1 fully saturated rings. The number of hydrogen-bond acceptors (Lipinski definition) is 4. The number of nitrogens with zero attached hydrogens (tertiary/aromatic N) is 2. The molecule has 160 valence electrons. The van der Waals surface area contributed by atoms with E-state index in [2.05, 4.69) is 45.8 Å². The quantitative estimate of drug-likeness (QED) is 0.347. The van der Waals surface area contributed by atoms with E-state index in [1.54, 1.807) is 13.3 Å². The van der Waals surface area contributed by atoms with Crippen molar-refractivity contribution in [1.82, 2.24) is 5.43 Å². The van der Waals surface area contributed by atoms with Crippen LogP contribution in [0.2, 0.25) is 0 Å². The van der Waals surface area contributed by atoms with Gasteiger partial charge in [-0.05, 0) is 47.2 Å². The topological polar surface area (TPSA) is 53.9 Å². The molecule has 1 N–H and O–H groups in total. The molecule has 0 saturated carbocycles. The highest BCUT2D eigenvalue weighted by atomic mass is 16.5. The average molecular weight is 424 g/mol. The van der Waals surface area contributed by atoms with Crippen LogP contribution in [-0.2, 0) is 0 Å². The molecule has 4 aromatic rings. The maximum absolute atomic E-state index is 12.8. The van der Waals surface area contributed by atoms with Crippen molar-refractivity contribution in [3.63, 3.8) is 0 Å². The molecule has 1 amide bonds. The summed E-state index contributed by atoms with van der Waals surface area (Å²) in [6, 6.07) is 24.2. The van der Waals surface area contributed by atoms with Gasteiger partial charge in [-0.25, -0.2) is 5.43 Å². The van der Waals surface area contributed by atoms with Gasteiger partial charge in [0.2, 0.25) is 0 Å². The maximum Gasteiger partial charge on any atom is 0.275 e. The third-order valence-electron chi connectivity index (χ3n) is 6.06. The first-order valence-corrected chi connectivity index (χ1v) is 10.9. The highest BCUT2D eigenvalue weighted by molar-refractivity contribution is 6.06. The molecule has 5 heteroatoms. The monoisotopic (exact) mass is 423 g/mol. The molecule has 1 aliphatic rings. The van der Waals surface area contributed by atoms with E-state index >= 15 is 0 Å². The van der Waals surface area contributed by atoms with Crippen LogP contribution in [0.1, 0.15) is 28.8 Å². The van der Waals surface area contributed by atoms with Gasteiger partial charge in [0.15, 0.2) is 0 Å². The number of fused-ring (bicyclic) bond motifs is 2. The van der Waals surface area contributed by atoms with Crippen LogP contribution in [-0.4, -0.2) is 32.3 Å². The van der Waals surface area contributed by atoms with Crippen molar-refractivity contribution in [3.05, 3.63) is 83.9 Å². The standard InChI is InChI=1S/C27H25N3O2/c1-32-26-17-20-9-3-2-8-19(20)16-24(26)27(31)29-28-18-21-12-13-25(30-14-6-7-15-30)23-11-5-4-10-22(21)23/h2-5,8-13,16-18H,6-7,14-15H2,1H3,(H,29,31). The minimum absolute atomic E-state index is 0.304. The summed E-state index contributed by atoms with van der Waals surface area (Å²) in [4.78, 5) is 15.3. The van der Waals surface area contributed by atoms with E-state index in [-0.39, 0.29) is 5.91 Å². The Labute approximate surface area is 187 Å². The lowest BCUT2D eigenvalue weighted by molar-refractivity contribution is 0.0952. The van der Waals surface area contributed by atoms with E-state index in [9.17, 15) is 4.79 Å². The number of hydrogen-bond donors (Lipinski definition) is 1. The Morgan fingerprint density at radius 2 is 1.62 bits per heavy atom. The molecular formula is C27H25N3O2. The Morgan fingerprint density at radius 1 is 0.938 bits per heavy atom. The molecule has 0 unspecified atom stereocenters. The summed E-state index contributed by atoms with van der Waals surface area (Å²) in [5.41, 5.74) is 5.35. The van der Waals surface area contributed by atoms with Crippen LogP contribution in [0.25, 0.3) is 21.5 Å². The third kappa shape index (κ3) is 3.78. The summed E-state index contributed by atoms with van der Waals surface area (Å²) in [5, 5.41) is 8.59. The van der Waals surface area contributed by atoms with Crippen molar-refractivity contribution in [2.45, 2.75) is 12.8 Å². The van der Waals surface area contributed by atoms with E-state index in [1.807, 2.05) is 42.5 Å². The first kappa shape index (κ1) is 20.1. The Kier molecular flexibility index (Phi) is 5.46. The van der Waals surface area contributed by atoms with Crippen LogP contribution in [0.5, 0.6) is 5.75 Å². The van der Waals surface area contributed by atoms with Gasteiger partial charge in [-0.3, -0.25) is 4.79 Å². The second kappa shape index (κ2) is 8.71. The van der Waals surface area contributed by atoms with Gasteiger partial charge in [-0.1, -0.05) is 54.6 Å². The number of rotatable bonds is 5. The van der Waals surface area contributed by atoms with Gasteiger partial charge in [0, 0.05) is 29.7 Å². The van der Waals surface area contributed by atoms with E-state index in [4.69, 9.17) is 4.74 Å². The summed E-state index contributed by atoms with van der Waals surface area (Å²) in [6.07, 6.45) is 4.19. The summed E-state index contributed by atoms with van der Waals surface area (Å²) >= 11 is 0. The number of hydrazone groups is 1. The van der Waals surface area contributed by atoms with Gasteiger partial charge in [0.25, 0.3) is 5.91 Å². The molecule has 5 rings (SSSR count). The predicted octanol–water partition coefficient (Wildman–Crippen LogP) is 5.37. The zero-order chi connectivity index (χ0) is 21.9. The van der Waals surface area contributed by atoms with Crippen LogP contribution in [0.3, 0.4) is 0 Å². The van der Waals surface area contributed by atoms with Crippen LogP contribution >= 0.6 is 0 Å². The molecular weight excluding hydrogens is 398 g/mol. The Morgan fingerprint density at radius 3 is 2.38 bits per heavy atom. The van der Waals surface area contributed by atoms with Crippen molar-refractivity contribution >= 4 is 39.4 Å². The van der Waals surface area contributed by atoms with Gasteiger partial charge in [0.1, 0.15) is 5.75 Å². The molecule has 0 bridgehead atoms. The number of nitrogens with one attached hydrogen (secondary N) is 1. The molecule has 0 aromatic heterocycles. The number of carbonyl (C=O) groups is 1. The number of anilines is 1. The number of carbonyl (C=O) groups excluding carboxylic acids is 1. The normalized spacial score (nSPS) is 13.8. The lowest BCUT2D eigenvalue weighted by Gasteiger charge is -2.20. The fraction of sp³-hybridized carbons (Fsp3) is 0.185. The second-order valence-electron chi connectivity index (χ2n) is 8.01. The third-order valence-corrected chi connectivity index (χ3v) is 6.06. The molecule has 0 radical (unpaired) electrons. The van der Waals surface area contributed by atoms with Crippen molar-refractivity contribution < 1.29 is 9.53 Å². The average Bonchev–Trinajstić information content (AvgIpc) is 3.38. The van der Waals surface area contributed by atoms with Crippen LogP contribution in [0.15, 0.2) is 77.9 Å². The first-order valence-electron chi connectivity index (χ1n) is 10.9. The molecule has 0 aliphatic carbocycles. The lowest BCUT2D eigenvalue weighted by Crippen LogP contribution is -2.19. The fourth-order valence-corrected chi connectivity index (χ4v) is 4.44.